The predicted molar refractivity (Wildman–Crippen MR) is 108 cm³/mol. The zero-order valence-electron chi connectivity index (χ0n) is 17.1. The maximum Gasteiger partial charge on any atom is 0.407 e. The second kappa shape index (κ2) is 10.9. The highest BCUT2D eigenvalue weighted by atomic mass is 16.5. The molecule has 0 bridgehead atoms. The van der Waals surface area contributed by atoms with Crippen molar-refractivity contribution in [2.24, 2.45) is 5.92 Å². The summed E-state index contributed by atoms with van der Waals surface area (Å²) < 4.78 is 5.27. The van der Waals surface area contributed by atoms with E-state index in [0.717, 1.165) is 18.4 Å². The fraction of sp³-hybridized carbons (Fsp3) is 0.571. The minimum atomic E-state index is -1.78. The molecule has 1 heterocycles. The number of carboxylic acid groups (broad SMARTS) is 1. The van der Waals surface area contributed by atoms with Crippen molar-refractivity contribution < 1.29 is 24.2 Å². The lowest BCUT2D eigenvalue weighted by molar-refractivity contribution is -0.156. The van der Waals surface area contributed by atoms with Crippen LogP contribution in [-0.4, -0.2) is 59.7 Å². The number of ether oxygens (including phenoxy) is 1. The van der Waals surface area contributed by atoms with Crippen LogP contribution in [0.2, 0.25) is 0 Å². The number of benzene rings is 1. The third-order valence-corrected chi connectivity index (χ3v) is 5.01. The van der Waals surface area contributed by atoms with Gasteiger partial charge in [-0.05, 0) is 30.7 Å². The Labute approximate surface area is 171 Å². The van der Waals surface area contributed by atoms with Crippen molar-refractivity contribution in [1.82, 2.24) is 15.5 Å². The number of aliphatic carboxylic acids is 1. The molecule has 0 saturated carbocycles. The minimum Gasteiger partial charge on any atom is -0.479 e. The zero-order valence-corrected chi connectivity index (χ0v) is 17.1. The molecule has 29 heavy (non-hydrogen) atoms. The molecular formula is C21H31N3O5. The highest BCUT2D eigenvalue weighted by Gasteiger charge is 2.45. The van der Waals surface area contributed by atoms with Gasteiger partial charge in [-0.25, -0.2) is 9.59 Å². The Hall–Kier alpha value is -2.45. The van der Waals surface area contributed by atoms with E-state index >= 15 is 0 Å². The Kier molecular flexibility index (Phi) is 8.60. The molecule has 8 nitrogen and oxygen atoms in total. The first-order valence-corrected chi connectivity index (χ1v) is 10.0. The number of rotatable bonds is 11. The van der Waals surface area contributed by atoms with Gasteiger partial charge in [0.2, 0.25) is 5.66 Å². The predicted octanol–water partition coefficient (Wildman–Crippen LogP) is 1.99. The Balaban J connectivity index is 1.98. The van der Waals surface area contributed by atoms with Crippen molar-refractivity contribution in [2.75, 3.05) is 19.6 Å². The quantitative estimate of drug-likeness (QED) is 0.382. The van der Waals surface area contributed by atoms with Crippen molar-refractivity contribution in [3.8, 4) is 0 Å². The fourth-order valence-electron chi connectivity index (χ4n) is 3.53. The van der Waals surface area contributed by atoms with Crippen LogP contribution >= 0.6 is 0 Å². The highest BCUT2D eigenvalue weighted by Crippen LogP contribution is 2.19. The summed E-state index contributed by atoms with van der Waals surface area (Å²) in [5, 5.41) is 15.4. The summed E-state index contributed by atoms with van der Waals surface area (Å²) in [5.74, 6) is -0.970. The molecule has 1 saturated heterocycles. The van der Waals surface area contributed by atoms with Gasteiger partial charge in [0.15, 0.2) is 6.29 Å². The smallest absolute Gasteiger partial charge is 0.407 e. The van der Waals surface area contributed by atoms with Crippen LogP contribution in [0.15, 0.2) is 30.3 Å². The van der Waals surface area contributed by atoms with Gasteiger partial charge in [-0.2, -0.15) is 0 Å². The van der Waals surface area contributed by atoms with E-state index in [-0.39, 0.29) is 25.1 Å². The lowest BCUT2D eigenvalue weighted by Crippen LogP contribution is -2.66. The van der Waals surface area contributed by atoms with E-state index < -0.39 is 17.7 Å². The standard InChI is InChI=1S/C21H31N3O5/c1-16(2)12-18(23-20(28)29-14-17-8-4-3-5-9-17)13-22-21(15-25,19(26)27)24-10-6-7-11-24/h3-5,8-9,15-16,18,22H,6-7,10-14H2,1-2H3,(H,23,28)(H,26,27). The number of aldehydes is 1. The number of carbonyl (C=O) groups excluding carboxylic acids is 2. The number of likely N-dealkylation sites (tertiary alicyclic amines) is 1. The lowest BCUT2D eigenvalue weighted by Gasteiger charge is -2.35. The molecule has 1 fully saturated rings. The highest BCUT2D eigenvalue weighted by molar-refractivity contribution is 5.96. The van der Waals surface area contributed by atoms with Crippen LogP contribution in [0.5, 0.6) is 0 Å². The Morgan fingerprint density at radius 1 is 1.24 bits per heavy atom. The maximum atomic E-state index is 12.2. The third kappa shape index (κ3) is 6.54. The lowest BCUT2D eigenvalue weighted by atomic mass is 10.0. The molecular weight excluding hydrogens is 374 g/mol. The van der Waals surface area contributed by atoms with Gasteiger partial charge in [0.1, 0.15) is 6.61 Å². The van der Waals surface area contributed by atoms with Crippen LogP contribution in [0.4, 0.5) is 4.79 Å². The van der Waals surface area contributed by atoms with Crippen molar-refractivity contribution in [3.63, 3.8) is 0 Å². The number of hydrogen-bond donors (Lipinski definition) is 3. The monoisotopic (exact) mass is 405 g/mol. The number of amides is 1. The first-order chi connectivity index (χ1) is 13.9. The van der Waals surface area contributed by atoms with Crippen LogP contribution in [0.3, 0.4) is 0 Å². The van der Waals surface area contributed by atoms with E-state index in [0.29, 0.717) is 25.8 Å². The number of nitrogens with one attached hydrogen (secondary N) is 2. The van der Waals surface area contributed by atoms with Gasteiger partial charge in [-0.1, -0.05) is 44.2 Å². The molecule has 3 N–H and O–H groups in total. The summed E-state index contributed by atoms with van der Waals surface area (Å²) in [7, 11) is 0. The van der Waals surface area contributed by atoms with E-state index in [9.17, 15) is 19.5 Å². The molecule has 0 aromatic heterocycles. The molecule has 0 radical (unpaired) electrons. The van der Waals surface area contributed by atoms with Gasteiger partial charge in [0.25, 0.3) is 0 Å². The Morgan fingerprint density at radius 2 is 1.90 bits per heavy atom. The first-order valence-electron chi connectivity index (χ1n) is 10.0. The summed E-state index contributed by atoms with van der Waals surface area (Å²) >= 11 is 0. The maximum absolute atomic E-state index is 12.2. The number of alkyl carbamates (subject to hydrolysis) is 1. The van der Waals surface area contributed by atoms with E-state index in [4.69, 9.17) is 4.74 Å². The van der Waals surface area contributed by atoms with Crippen LogP contribution in [0.25, 0.3) is 0 Å². The molecule has 0 spiro atoms. The molecule has 1 amide bonds. The summed E-state index contributed by atoms with van der Waals surface area (Å²) in [6.07, 6.45) is 2.19. The van der Waals surface area contributed by atoms with Crippen LogP contribution in [0, 0.1) is 5.92 Å². The third-order valence-electron chi connectivity index (χ3n) is 5.01. The zero-order chi connectivity index (χ0) is 21.3. The average Bonchev–Trinajstić information content (AvgIpc) is 3.22. The molecule has 0 aliphatic carbocycles. The van der Waals surface area contributed by atoms with Gasteiger partial charge in [-0.3, -0.25) is 15.0 Å². The molecule has 160 valence electrons. The van der Waals surface area contributed by atoms with E-state index in [1.54, 1.807) is 4.90 Å². The van der Waals surface area contributed by atoms with Gasteiger partial charge >= 0.3 is 12.1 Å². The van der Waals surface area contributed by atoms with E-state index in [1.807, 2.05) is 44.2 Å². The molecule has 1 aromatic rings. The number of hydrogen-bond acceptors (Lipinski definition) is 6. The molecule has 2 rings (SSSR count). The van der Waals surface area contributed by atoms with Crippen LogP contribution in [0.1, 0.15) is 38.7 Å². The second-order valence-corrected chi connectivity index (χ2v) is 7.80. The average molecular weight is 405 g/mol. The van der Waals surface area contributed by atoms with Gasteiger partial charge < -0.3 is 15.2 Å². The summed E-state index contributed by atoms with van der Waals surface area (Å²) in [4.78, 5) is 37.6. The molecule has 1 aliphatic rings. The Morgan fingerprint density at radius 3 is 2.45 bits per heavy atom. The van der Waals surface area contributed by atoms with Gasteiger partial charge in [0, 0.05) is 25.7 Å². The number of nitrogens with zero attached hydrogens (tertiary/aromatic N) is 1. The summed E-state index contributed by atoms with van der Waals surface area (Å²) in [5.41, 5.74) is -0.900. The van der Waals surface area contributed by atoms with Gasteiger partial charge in [0.05, 0.1) is 0 Å². The topological polar surface area (TPSA) is 108 Å². The van der Waals surface area contributed by atoms with Crippen LogP contribution < -0.4 is 10.6 Å². The van der Waals surface area contributed by atoms with E-state index in [1.165, 1.54) is 0 Å². The molecule has 8 heteroatoms. The van der Waals surface area contributed by atoms with Crippen molar-refractivity contribution in [3.05, 3.63) is 35.9 Å². The molecule has 1 aliphatic heterocycles. The van der Waals surface area contributed by atoms with Crippen molar-refractivity contribution >= 4 is 18.3 Å². The first kappa shape index (κ1) is 22.8. The molecule has 2 unspecified atom stereocenters. The van der Waals surface area contributed by atoms with Gasteiger partial charge in [-0.15, -0.1) is 0 Å². The fourth-order valence-corrected chi connectivity index (χ4v) is 3.53. The molecule has 2 atom stereocenters. The van der Waals surface area contributed by atoms with Crippen LogP contribution in [-0.2, 0) is 20.9 Å². The summed E-state index contributed by atoms with van der Waals surface area (Å²) in [6, 6.07) is 8.97. The minimum absolute atomic E-state index is 0.139. The second-order valence-electron chi connectivity index (χ2n) is 7.80. The Bertz CT molecular complexity index is 676. The largest absolute Gasteiger partial charge is 0.479 e. The summed E-state index contributed by atoms with van der Waals surface area (Å²) in [6.45, 7) is 5.39. The SMILES string of the molecule is CC(C)CC(CNC(C=O)(C(=O)O)N1CCCC1)NC(=O)OCc1ccccc1. The normalized spacial score (nSPS) is 17.5. The van der Waals surface area contributed by atoms with E-state index in [2.05, 4.69) is 10.6 Å². The number of carboxylic acids is 1. The number of carbonyl (C=O) groups is 3. The van der Waals surface area contributed by atoms with Crippen molar-refractivity contribution in [1.29, 1.82) is 0 Å². The molecule has 1 aromatic carbocycles. The van der Waals surface area contributed by atoms with Crippen molar-refractivity contribution in [2.45, 2.75) is 51.4 Å².